The van der Waals surface area contributed by atoms with Gasteiger partial charge in [0, 0.05) is 24.3 Å². The van der Waals surface area contributed by atoms with Crippen LogP contribution in [-0.4, -0.2) is 35.0 Å². The average molecular weight is 275 g/mol. The van der Waals surface area contributed by atoms with Crippen molar-refractivity contribution in [1.29, 1.82) is 0 Å². The minimum atomic E-state index is -0.154. The van der Waals surface area contributed by atoms with Crippen molar-refractivity contribution in [3.63, 3.8) is 0 Å². The van der Waals surface area contributed by atoms with E-state index in [1.54, 1.807) is 0 Å². The molecule has 0 bridgehead atoms. The first-order chi connectivity index (χ1) is 9.75. The topological polar surface area (TPSA) is 57.6 Å². The predicted molar refractivity (Wildman–Crippen MR) is 76.8 cm³/mol. The van der Waals surface area contributed by atoms with Crippen molar-refractivity contribution in [2.24, 2.45) is 0 Å². The van der Waals surface area contributed by atoms with Gasteiger partial charge in [-0.1, -0.05) is 37.1 Å². The summed E-state index contributed by atoms with van der Waals surface area (Å²) in [6, 6.07) is 0. The van der Waals surface area contributed by atoms with Crippen LogP contribution in [0, 0.1) is 0 Å². The van der Waals surface area contributed by atoms with Crippen molar-refractivity contribution in [2.75, 3.05) is 13.2 Å². The summed E-state index contributed by atoms with van der Waals surface area (Å²) in [7, 11) is 0. The Morgan fingerprint density at radius 1 is 0.900 bits per heavy atom. The molecule has 1 aliphatic heterocycles. The van der Waals surface area contributed by atoms with Crippen LogP contribution in [0.2, 0.25) is 0 Å². The van der Waals surface area contributed by atoms with Crippen LogP contribution in [0.1, 0.15) is 38.5 Å². The Bertz CT molecular complexity index is 438. The summed E-state index contributed by atoms with van der Waals surface area (Å²) in [6.45, 7) is 0.680. The van der Waals surface area contributed by atoms with E-state index in [0.29, 0.717) is 30.5 Å². The first-order valence-corrected chi connectivity index (χ1v) is 7.28. The highest BCUT2D eigenvalue weighted by molar-refractivity contribution is 6.24. The molecule has 4 nitrogen and oxygen atoms in total. The monoisotopic (exact) mass is 275 g/mol. The van der Waals surface area contributed by atoms with Gasteiger partial charge in [-0.25, -0.2) is 0 Å². The van der Waals surface area contributed by atoms with Crippen LogP contribution in [0.5, 0.6) is 0 Å². The number of carbonyl (C=O) groups is 2. The zero-order valence-corrected chi connectivity index (χ0v) is 11.7. The Hall–Kier alpha value is -1.68. The molecule has 1 saturated heterocycles. The highest BCUT2D eigenvalue weighted by atomic mass is 16.3. The number of rotatable bonds is 6. The van der Waals surface area contributed by atoms with E-state index in [4.69, 9.17) is 5.11 Å². The van der Waals surface area contributed by atoms with Gasteiger partial charge in [-0.05, 0) is 25.7 Å². The van der Waals surface area contributed by atoms with Crippen LogP contribution in [0.25, 0.3) is 0 Å². The van der Waals surface area contributed by atoms with Gasteiger partial charge in [0.25, 0.3) is 11.8 Å². The standard InChI is InChI=1S/C16H21NO3/c18-12-8-4-3-7-11-17-15(19)13-9-5-1-2-6-10-14(13)16(17)20/h1-2,9-10,18H,3-8,11-12H2/b2-1-,13-9+,14-10+. The lowest BCUT2D eigenvalue weighted by molar-refractivity contribution is -0.136. The summed E-state index contributed by atoms with van der Waals surface area (Å²) in [5, 5.41) is 8.72. The molecule has 2 aliphatic rings. The van der Waals surface area contributed by atoms with E-state index in [1.165, 1.54) is 4.90 Å². The van der Waals surface area contributed by atoms with Gasteiger partial charge in [0.05, 0.1) is 0 Å². The third kappa shape index (κ3) is 3.25. The molecule has 1 aliphatic carbocycles. The Labute approximate surface area is 119 Å². The van der Waals surface area contributed by atoms with Gasteiger partial charge in [0.2, 0.25) is 0 Å². The lowest BCUT2D eigenvalue weighted by atomic mass is 10.0. The molecule has 0 radical (unpaired) electrons. The molecule has 0 atom stereocenters. The Morgan fingerprint density at radius 3 is 2.00 bits per heavy atom. The number of allylic oxidation sites excluding steroid dienone is 4. The van der Waals surface area contributed by atoms with E-state index in [2.05, 4.69) is 0 Å². The van der Waals surface area contributed by atoms with Gasteiger partial charge in [0.1, 0.15) is 0 Å². The fraction of sp³-hybridized carbons (Fsp3) is 0.500. The number of aliphatic hydroxyl groups excluding tert-OH is 1. The molecule has 1 heterocycles. The molecule has 0 unspecified atom stereocenters. The van der Waals surface area contributed by atoms with Crippen LogP contribution < -0.4 is 0 Å². The van der Waals surface area contributed by atoms with E-state index < -0.39 is 0 Å². The fourth-order valence-electron chi connectivity index (χ4n) is 2.51. The van der Waals surface area contributed by atoms with Crippen molar-refractivity contribution in [3.8, 4) is 0 Å². The van der Waals surface area contributed by atoms with E-state index in [9.17, 15) is 9.59 Å². The summed E-state index contributed by atoms with van der Waals surface area (Å²) in [6.07, 6.45) is 12.6. The Kier molecular flexibility index (Phi) is 5.30. The number of carbonyl (C=O) groups excluding carboxylic acids is 2. The van der Waals surface area contributed by atoms with Crippen molar-refractivity contribution in [1.82, 2.24) is 4.90 Å². The maximum atomic E-state index is 12.3. The highest BCUT2D eigenvalue weighted by Crippen LogP contribution is 2.27. The van der Waals surface area contributed by atoms with Crippen LogP contribution in [0.4, 0.5) is 0 Å². The molecule has 20 heavy (non-hydrogen) atoms. The van der Waals surface area contributed by atoms with Crippen molar-refractivity contribution < 1.29 is 14.7 Å². The minimum Gasteiger partial charge on any atom is -0.396 e. The number of nitrogens with zero attached hydrogens (tertiary/aromatic N) is 1. The van der Waals surface area contributed by atoms with Gasteiger partial charge in [-0.3, -0.25) is 14.5 Å². The summed E-state index contributed by atoms with van der Waals surface area (Å²) in [5.41, 5.74) is 1.13. The molecule has 0 saturated carbocycles. The van der Waals surface area contributed by atoms with Gasteiger partial charge in [-0.15, -0.1) is 0 Å². The van der Waals surface area contributed by atoms with Crippen LogP contribution in [0.3, 0.4) is 0 Å². The predicted octanol–water partition coefficient (Wildman–Crippen LogP) is 2.11. The van der Waals surface area contributed by atoms with E-state index in [1.807, 2.05) is 24.3 Å². The molecule has 2 amide bonds. The average Bonchev–Trinajstić information content (AvgIpc) is 2.61. The molecular weight excluding hydrogens is 254 g/mol. The second kappa shape index (κ2) is 7.20. The third-order valence-electron chi connectivity index (χ3n) is 3.61. The third-order valence-corrected chi connectivity index (χ3v) is 3.61. The number of amides is 2. The lowest BCUT2D eigenvalue weighted by Gasteiger charge is -2.12. The molecule has 1 N–H and O–H groups in total. The molecule has 2 rings (SSSR count). The second-order valence-corrected chi connectivity index (χ2v) is 5.08. The number of unbranched alkanes of at least 4 members (excludes halogenated alkanes) is 3. The number of aliphatic hydroxyl groups is 1. The number of hydrogen-bond donors (Lipinski definition) is 1. The minimum absolute atomic E-state index is 0.154. The van der Waals surface area contributed by atoms with Crippen molar-refractivity contribution in [3.05, 3.63) is 35.5 Å². The molecule has 0 aromatic rings. The second-order valence-electron chi connectivity index (χ2n) is 5.08. The molecular formula is C16H21NO3. The first-order valence-electron chi connectivity index (χ1n) is 7.28. The van der Waals surface area contributed by atoms with Crippen LogP contribution in [0.15, 0.2) is 35.5 Å². The number of imide groups is 1. The molecule has 0 aromatic carbocycles. The molecule has 1 fully saturated rings. The first kappa shape index (κ1) is 14.7. The summed E-state index contributed by atoms with van der Waals surface area (Å²) >= 11 is 0. The fourth-order valence-corrected chi connectivity index (χ4v) is 2.51. The summed E-state index contributed by atoms with van der Waals surface area (Å²) in [4.78, 5) is 25.9. The zero-order chi connectivity index (χ0) is 14.4. The molecule has 0 spiro atoms. The quantitative estimate of drug-likeness (QED) is 0.459. The molecule has 0 aromatic heterocycles. The van der Waals surface area contributed by atoms with E-state index in [0.717, 1.165) is 25.7 Å². The van der Waals surface area contributed by atoms with Gasteiger partial charge >= 0.3 is 0 Å². The lowest BCUT2D eigenvalue weighted by Crippen LogP contribution is -2.30. The van der Waals surface area contributed by atoms with Crippen LogP contribution >= 0.6 is 0 Å². The maximum absolute atomic E-state index is 12.3. The van der Waals surface area contributed by atoms with Gasteiger partial charge in [0.15, 0.2) is 0 Å². The van der Waals surface area contributed by atoms with E-state index >= 15 is 0 Å². The highest BCUT2D eigenvalue weighted by Gasteiger charge is 2.37. The number of likely N-dealkylation sites (tertiary alicyclic amines) is 1. The number of fused-ring (bicyclic) bond motifs is 1. The van der Waals surface area contributed by atoms with Crippen molar-refractivity contribution >= 4 is 11.8 Å². The normalized spacial score (nSPS) is 25.4. The zero-order valence-electron chi connectivity index (χ0n) is 11.7. The smallest absolute Gasteiger partial charge is 0.261 e. The largest absolute Gasteiger partial charge is 0.396 e. The van der Waals surface area contributed by atoms with Gasteiger partial charge < -0.3 is 5.11 Å². The Balaban J connectivity index is 1.98. The van der Waals surface area contributed by atoms with Crippen molar-refractivity contribution in [2.45, 2.75) is 38.5 Å². The number of hydrogen-bond acceptors (Lipinski definition) is 3. The van der Waals surface area contributed by atoms with Crippen LogP contribution in [-0.2, 0) is 9.59 Å². The molecule has 4 heteroatoms. The SMILES string of the molecule is O=C1C2=C/C/C=C\C/C=C\2C(=O)N1CCCCCCO. The van der Waals surface area contributed by atoms with E-state index in [-0.39, 0.29) is 18.4 Å². The molecule has 108 valence electrons. The Morgan fingerprint density at radius 2 is 1.45 bits per heavy atom. The maximum Gasteiger partial charge on any atom is 0.261 e. The van der Waals surface area contributed by atoms with Gasteiger partial charge in [-0.2, -0.15) is 0 Å². The summed E-state index contributed by atoms with van der Waals surface area (Å²) < 4.78 is 0. The summed E-state index contributed by atoms with van der Waals surface area (Å²) in [5.74, 6) is -0.308.